The highest BCUT2D eigenvalue weighted by Crippen LogP contribution is 2.54. The lowest BCUT2D eigenvalue weighted by Crippen LogP contribution is -2.35. The van der Waals surface area contributed by atoms with Crippen molar-refractivity contribution in [3.63, 3.8) is 0 Å². The number of halogens is 4. The first-order chi connectivity index (χ1) is 4.92. The van der Waals surface area contributed by atoms with Crippen LogP contribution in [0.5, 0.6) is 0 Å². The van der Waals surface area contributed by atoms with E-state index < -0.39 is 24.4 Å². The summed E-state index contributed by atoms with van der Waals surface area (Å²) in [6, 6.07) is 0. The minimum Gasteiger partial charge on any atom is -0.396 e. The normalized spacial score (nSPS) is 24.8. The highest BCUT2D eigenvalue weighted by atomic mass is 19.4. The summed E-state index contributed by atoms with van der Waals surface area (Å²) in [7, 11) is 0. The Kier molecular flexibility index (Phi) is 1.86. The molecule has 0 saturated heterocycles. The summed E-state index contributed by atoms with van der Waals surface area (Å²) in [6.07, 6.45) is -7.42. The predicted molar refractivity (Wildman–Crippen MR) is 29.7 cm³/mol. The Morgan fingerprint density at radius 1 is 1.36 bits per heavy atom. The third-order valence-corrected chi connectivity index (χ3v) is 2.03. The van der Waals surface area contributed by atoms with Gasteiger partial charge in [-0.3, -0.25) is 0 Å². The molecule has 1 nitrogen and oxygen atoms in total. The van der Waals surface area contributed by atoms with Gasteiger partial charge in [-0.25, -0.2) is 4.39 Å². The summed E-state index contributed by atoms with van der Waals surface area (Å²) < 4.78 is 47.5. The number of aliphatic hydroxyl groups excluding tert-OH is 1. The molecule has 1 atom stereocenters. The number of rotatable bonds is 2. The molecule has 11 heavy (non-hydrogen) atoms. The molecule has 0 radical (unpaired) electrons. The summed E-state index contributed by atoms with van der Waals surface area (Å²) in [4.78, 5) is 0. The second-order valence-corrected chi connectivity index (χ2v) is 2.92. The molecular weight excluding hydrogens is 164 g/mol. The summed E-state index contributed by atoms with van der Waals surface area (Å²) in [5.41, 5.74) is -1.50. The Morgan fingerprint density at radius 2 is 1.82 bits per heavy atom. The molecule has 0 amide bonds. The number of hydrogen-bond donors (Lipinski definition) is 1. The fourth-order valence-corrected chi connectivity index (χ4v) is 0.999. The van der Waals surface area contributed by atoms with Gasteiger partial charge in [0.15, 0.2) is 0 Å². The van der Waals surface area contributed by atoms with Gasteiger partial charge in [0, 0.05) is 5.41 Å². The molecule has 1 fully saturated rings. The van der Waals surface area contributed by atoms with E-state index >= 15 is 0 Å². The van der Waals surface area contributed by atoms with Gasteiger partial charge in [-0.05, 0) is 12.8 Å². The molecule has 1 aliphatic rings. The van der Waals surface area contributed by atoms with E-state index in [0.29, 0.717) is 0 Å². The van der Waals surface area contributed by atoms with Gasteiger partial charge in [-0.15, -0.1) is 0 Å². The summed E-state index contributed by atoms with van der Waals surface area (Å²) >= 11 is 0. The molecule has 0 aromatic heterocycles. The van der Waals surface area contributed by atoms with Crippen LogP contribution in [0.25, 0.3) is 0 Å². The molecule has 1 N–H and O–H groups in total. The SMILES string of the molecule is OCC1(C(F)C(F)(F)F)CC1. The summed E-state index contributed by atoms with van der Waals surface area (Å²) in [6.45, 7) is -0.715. The van der Waals surface area contributed by atoms with Gasteiger partial charge in [0.1, 0.15) is 0 Å². The van der Waals surface area contributed by atoms with Crippen LogP contribution in [0, 0.1) is 5.41 Å². The molecule has 1 unspecified atom stereocenters. The Hall–Kier alpha value is -0.320. The van der Waals surface area contributed by atoms with E-state index in [4.69, 9.17) is 5.11 Å². The van der Waals surface area contributed by atoms with Crippen molar-refractivity contribution in [3.05, 3.63) is 0 Å². The highest BCUT2D eigenvalue weighted by molar-refractivity contribution is 5.01. The molecule has 0 aromatic carbocycles. The molecule has 0 bridgehead atoms. The van der Waals surface area contributed by atoms with Crippen molar-refractivity contribution < 1.29 is 22.7 Å². The van der Waals surface area contributed by atoms with Crippen LogP contribution in [-0.4, -0.2) is 24.1 Å². The van der Waals surface area contributed by atoms with Crippen molar-refractivity contribution in [3.8, 4) is 0 Å². The fourth-order valence-electron chi connectivity index (χ4n) is 0.999. The van der Waals surface area contributed by atoms with E-state index in [1.54, 1.807) is 0 Å². The van der Waals surface area contributed by atoms with E-state index in [-0.39, 0.29) is 12.8 Å². The molecule has 0 aliphatic heterocycles. The van der Waals surface area contributed by atoms with Gasteiger partial charge in [0.2, 0.25) is 6.17 Å². The van der Waals surface area contributed by atoms with Crippen LogP contribution in [0.15, 0.2) is 0 Å². The summed E-state index contributed by atoms with van der Waals surface area (Å²) in [5.74, 6) is 0. The lowest BCUT2D eigenvalue weighted by molar-refractivity contribution is -0.202. The quantitative estimate of drug-likeness (QED) is 0.628. The van der Waals surface area contributed by atoms with Gasteiger partial charge in [-0.2, -0.15) is 13.2 Å². The first-order valence-corrected chi connectivity index (χ1v) is 3.24. The van der Waals surface area contributed by atoms with Crippen LogP contribution in [0.2, 0.25) is 0 Å². The van der Waals surface area contributed by atoms with Crippen molar-refractivity contribution in [2.75, 3.05) is 6.61 Å². The van der Waals surface area contributed by atoms with E-state index in [1.165, 1.54) is 0 Å². The van der Waals surface area contributed by atoms with Crippen molar-refractivity contribution in [1.82, 2.24) is 0 Å². The molecule has 1 aliphatic carbocycles. The molecule has 0 heterocycles. The highest BCUT2D eigenvalue weighted by Gasteiger charge is 2.60. The van der Waals surface area contributed by atoms with Crippen LogP contribution < -0.4 is 0 Å². The maximum Gasteiger partial charge on any atom is 0.420 e. The number of hydrogen-bond acceptors (Lipinski definition) is 1. The zero-order chi connectivity index (χ0) is 8.70. The molecule has 0 aromatic rings. The average molecular weight is 172 g/mol. The van der Waals surface area contributed by atoms with E-state index in [0.717, 1.165) is 0 Å². The molecule has 5 heteroatoms. The van der Waals surface area contributed by atoms with Crippen LogP contribution >= 0.6 is 0 Å². The van der Waals surface area contributed by atoms with E-state index in [2.05, 4.69) is 0 Å². The molecular formula is C6H8F4O. The first kappa shape index (κ1) is 8.77. The van der Waals surface area contributed by atoms with Crippen molar-refractivity contribution in [2.45, 2.75) is 25.2 Å². The van der Waals surface area contributed by atoms with Gasteiger partial charge in [0.05, 0.1) is 6.61 Å². The third kappa shape index (κ3) is 1.47. The Bertz CT molecular complexity index is 149. The molecule has 1 rings (SSSR count). The largest absolute Gasteiger partial charge is 0.420 e. The molecule has 1 saturated carbocycles. The summed E-state index contributed by atoms with van der Waals surface area (Å²) in [5, 5.41) is 8.45. The smallest absolute Gasteiger partial charge is 0.396 e. The van der Waals surface area contributed by atoms with Gasteiger partial charge >= 0.3 is 6.18 Å². The standard InChI is InChI=1S/C6H8F4O/c7-4(6(8,9)10)5(3-11)1-2-5/h4,11H,1-3H2. The van der Waals surface area contributed by atoms with Crippen LogP contribution in [0.3, 0.4) is 0 Å². The van der Waals surface area contributed by atoms with Crippen LogP contribution in [0.1, 0.15) is 12.8 Å². The Labute approximate surface area is 61.0 Å². The maximum absolute atomic E-state index is 12.5. The van der Waals surface area contributed by atoms with E-state index in [1.807, 2.05) is 0 Å². The minimum atomic E-state index is -4.82. The van der Waals surface area contributed by atoms with E-state index in [9.17, 15) is 17.6 Å². The third-order valence-electron chi connectivity index (χ3n) is 2.03. The van der Waals surface area contributed by atoms with Crippen molar-refractivity contribution in [1.29, 1.82) is 0 Å². The van der Waals surface area contributed by atoms with Crippen LogP contribution in [0.4, 0.5) is 17.6 Å². The Balaban J connectivity index is 2.61. The van der Waals surface area contributed by atoms with Crippen molar-refractivity contribution in [2.24, 2.45) is 5.41 Å². The maximum atomic E-state index is 12.5. The molecule has 0 spiro atoms. The second-order valence-electron chi connectivity index (χ2n) is 2.92. The van der Waals surface area contributed by atoms with Gasteiger partial charge < -0.3 is 5.11 Å². The average Bonchev–Trinajstić information content (AvgIpc) is 2.64. The lowest BCUT2D eigenvalue weighted by atomic mass is 10.0. The zero-order valence-electron chi connectivity index (χ0n) is 5.66. The van der Waals surface area contributed by atoms with Crippen LogP contribution in [-0.2, 0) is 0 Å². The minimum absolute atomic E-state index is 0.129. The first-order valence-electron chi connectivity index (χ1n) is 3.24. The lowest BCUT2D eigenvalue weighted by Gasteiger charge is -2.19. The van der Waals surface area contributed by atoms with Gasteiger partial charge in [-0.1, -0.05) is 0 Å². The second kappa shape index (κ2) is 2.33. The number of aliphatic hydroxyl groups is 1. The zero-order valence-corrected chi connectivity index (χ0v) is 5.66. The fraction of sp³-hybridized carbons (Fsp3) is 1.00. The van der Waals surface area contributed by atoms with Crippen molar-refractivity contribution >= 4 is 0 Å². The topological polar surface area (TPSA) is 20.2 Å². The predicted octanol–water partition coefficient (Wildman–Crippen LogP) is 1.66. The molecule has 66 valence electrons. The van der Waals surface area contributed by atoms with Gasteiger partial charge in [0.25, 0.3) is 0 Å². The number of alkyl halides is 4. The Morgan fingerprint density at radius 3 is 1.91 bits per heavy atom. The monoisotopic (exact) mass is 172 g/mol.